The SMILES string of the molecule is C(=C\c1ccncc1)/c1ccncc1.O=C(O)CCCC(=O)O. The van der Waals surface area contributed by atoms with E-state index in [1.54, 1.807) is 24.8 Å². The molecule has 0 aliphatic heterocycles. The summed E-state index contributed by atoms with van der Waals surface area (Å²) in [5, 5.41) is 16.1. The van der Waals surface area contributed by atoms with Crippen LogP contribution in [0, 0.1) is 0 Å². The largest absolute Gasteiger partial charge is 0.481 e. The first kappa shape index (κ1) is 18.0. The monoisotopic (exact) mass is 314 g/mol. The number of carboxylic acids is 2. The molecule has 0 aromatic carbocycles. The first-order valence-electron chi connectivity index (χ1n) is 6.99. The zero-order valence-electron chi connectivity index (χ0n) is 12.5. The van der Waals surface area contributed by atoms with Gasteiger partial charge < -0.3 is 10.2 Å². The number of pyridine rings is 2. The van der Waals surface area contributed by atoms with Gasteiger partial charge in [0.05, 0.1) is 0 Å². The molecule has 0 fully saturated rings. The average molecular weight is 314 g/mol. The minimum absolute atomic E-state index is 0.0632. The molecule has 0 aliphatic rings. The molecule has 2 heterocycles. The van der Waals surface area contributed by atoms with Gasteiger partial charge in [0.1, 0.15) is 0 Å². The smallest absolute Gasteiger partial charge is 0.303 e. The van der Waals surface area contributed by atoms with Gasteiger partial charge in [-0.2, -0.15) is 0 Å². The van der Waals surface area contributed by atoms with Crippen LogP contribution >= 0.6 is 0 Å². The van der Waals surface area contributed by atoms with E-state index in [2.05, 4.69) is 22.1 Å². The van der Waals surface area contributed by atoms with Gasteiger partial charge in [-0.3, -0.25) is 19.6 Å². The zero-order chi connectivity index (χ0) is 16.9. The maximum atomic E-state index is 9.79. The summed E-state index contributed by atoms with van der Waals surface area (Å²) in [4.78, 5) is 27.5. The Morgan fingerprint density at radius 2 is 1.13 bits per heavy atom. The predicted octanol–water partition coefficient (Wildman–Crippen LogP) is 2.97. The Morgan fingerprint density at radius 3 is 1.43 bits per heavy atom. The Bertz CT molecular complexity index is 572. The van der Waals surface area contributed by atoms with Crippen molar-refractivity contribution in [1.82, 2.24) is 9.97 Å². The quantitative estimate of drug-likeness (QED) is 0.850. The van der Waals surface area contributed by atoms with Gasteiger partial charge in [-0.15, -0.1) is 0 Å². The molecule has 0 atom stereocenters. The minimum Gasteiger partial charge on any atom is -0.481 e. The van der Waals surface area contributed by atoms with E-state index < -0.39 is 11.9 Å². The van der Waals surface area contributed by atoms with Crippen LogP contribution in [0.2, 0.25) is 0 Å². The van der Waals surface area contributed by atoms with Crippen molar-refractivity contribution in [2.45, 2.75) is 19.3 Å². The third-order valence-corrected chi connectivity index (χ3v) is 2.66. The molecule has 0 saturated heterocycles. The first-order valence-corrected chi connectivity index (χ1v) is 6.99. The number of hydrogen-bond acceptors (Lipinski definition) is 4. The molecule has 0 radical (unpaired) electrons. The maximum absolute atomic E-state index is 9.79. The first-order chi connectivity index (χ1) is 11.1. The Kier molecular flexibility index (Phi) is 8.36. The highest BCUT2D eigenvalue weighted by atomic mass is 16.4. The molecule has 0 aliphatic carbocycles. The number of hydrogen-bond donors (Lipinski definition) is 2. The molecule has 120 valence electrons. The van der Waals surface area contributed by atoms with Crippen LogP contribution in [0.1, 0.15) is 30.4 Å². The molecule has 0 amide bonds. The third-order valence-electron chi connectivity index (χ3n) is 2.66. The Balaban J connectivity index is 0.000000257. The molecule has 2 aromatic rings. The van der Waals surface area contributed by atoms with E-state index >= 15 is 0 Å². The van der Waals surface area contributed by atoms with Crippen LogP contribution in [0.25, 0.3) is 12.2 Å². The lowest BCUT2D eigenvalue weighted by Crippen LogP contribution is -1.98. The summed E-state index contributed by atoms with van der Waals surface area (Å²) in [6.45, 7) is 0. The molecule has 0 spiro atoms. The number of nitrogens with zero attached hydrogens (tertiary/aromatic N) is 2. The topological polar surface area (TPSA) is 100 Å². The lowest BCUT2D eigenvalue weighted by molar-refractivity contribution is -0.138. The van der Waals surface area contributed by atoms with Crippen molar-refractivity contribution in [2.24, 2.45) is 0 Å². The predicted molar refractivity (Wildman–Crippen MR) is 86.5 cm³/mol. The molecule has 0 saturated carbocycles. The van der Waals surface area contributed by atoms with Gasteiger partial charge >= 0.3 is 11.9 Å². The number of rotatable bonds is 6. The zero-order valence-corrected chi connectivity index (χ0v) is 12.5. The third kappa shape index (κ3) is 9.52. The van der Waals surface area contributed by atoms with E-state index in [1.165, 1.54) is 0 Å². The lowest BCUT2D eigenvalue weighted by atomic mass is 10.2. The molecular weight excluding hydrogens is 296 g/mol. The van der Waals surface area contributed by atoms with E-state index in [0.717, 1.165) is 11.1 Å². The lowest BCUT2D eigenvalue weighted by Gasteiger charge is -1.92. The molecule has 2 rings (SSSR count). The van der Waals surface area contributed by atoms with Crippen molar-refractivity contribution < 1.29 is 19.8 Å². The van der Waals surface area contributed by atoms with E-state index in [0.29, 0.717) is 0 Å². The van der Waals surface area contributed by atoms with Crippen LogP contribution in [0.3, 0.4) is 0 Å². The van der Waals surface area contributed by atoms with Crippen molar-refractivity contribution >= 4 is 24.1 Å². The van der Waals surface area contributed by atoms with Gasteiger partial charge in [0.2, 0.25) is 0 Å². The highest BCUT2D eigenvalue weighted by Gasteiger charge is 1.99. The van der Waals surface area contributed by atoms with Gasteiger partial charge in [0.25, 0.3) is 0 Å². The van der Waals surface area contributed by atoms with Gasteiger partial charge in [-0.05, 0) is 41.8 Å². The highest BCUT2D eigenvalue weighted by Crippen LogP contribution is 2.05. The normalized spacial score (nSPS) is 9.91. The van der Waals surface area contributed by atoms with Crippen molar-refractivity contribution in [3.63, 3.8) is 0 Å². The van der Waals surface area contributed by atoms with Crippen LogP contribution in [0.5, 0.6) is 0 Å². The van der Waals surface area contributed by atoms with Crippen LogP contribution < -0.4 is 0 Å². The van der Waals surface area contributed by atoms with Crippen LogP contribution in [0.4, 0.5) is 0 Å². The molecule has 6 nitrogen and oxygen atoms in total. The fourth-order valence-corrected chi connectivity index (χ4v) is 1.53. The second kappa shape index (κ2) is 10.7. The summed E-state index contributed by atoms with van der Waals surface area (Å²) in [5.74, 6) is -1.90. The van der Waals surface area contributed by atoms with E-state index in [4.69, 9.17) is 10.2 Å². The summed E-state index contributed by atoms with van der Waals surface area (Å²) >= 11 is 0. The van der Waals surface area contributed by atoms with Crippen molar-refractivity contribution in [3.05, 3.63) is 60.2 Å². The second-order valence-electron chi connectivity index (χ2n) is 4.54. The van der Waals surface area contributed by atoms with Gasteiger partial charge in [0, 0.05) is 37.6 Å². The van der Waals surface area contributed by atoms with Crippen molar-refractivity contribution in [3.8, 4) is 0 Å². The molecular formula is C17H18N2O4. The van der Waals surface area contributed by atoms with E-state index in [9.17, 15) is 9.59 Å². The molecule has 2 N–H and O–H groups in total. The summed E-state index contributed by atoms with van der Waals surface area (Å²) in [5.41, 5.74) is 2.30. The van der Waals surface area contributed by atoms with E-state index in [1.807, 2.05) is 24.3 Å². The molecule has 6 heteroatoms. The number of carbonyl (C=O) groups is 2. The van der Waals surface area contributed by atoms with Gasteiger partial charge in [-0.25, -0.2) is 0 Å². The molecule has 2 aromatic heterocycles. The van der Waals surface area contributed by atoms with Crippen LogP contribution in [0.15, 0.2) is 49.1 Å². The summed E-state index contributed by atoms with van der Waals surface area (Å²) in [7, 11) is 0. The van der Waals surface area contributed by atoms with Crippen LogP contribution in [-0.2, 0) is 9.59 Å². The molecule has 0 bridgehead atoms. The molecule has 23 heavy (non-hydrogen) atoms. The Morgan fingerprint density at radius 1 is 0.783 bits per heavy atom. The fraction of sp³-hybridized carbons (Fsp3) is 0.176. The van der Waals surface area contributed by atoms with Crippen LogP contribution in [-0.4, -0.2) is 32.1 Å². The Hall–Kier alpha value is -3.02. The fourth-order valence-electron chi connectivity index (χ4n) is 1.53. The number of aromatic nitrogens is 2. The summed E-state index contributed by atoms with van der Waals surface area (Å²) < 4.78 is 0. The number of aliphatic carboxylic acids is 2. The highest BCUT2D eigenvalue weighted by molar-refractivity contribution is 5.70. The summed E-state index contributed by atoms with van der Waals surface area (Å²) in [6, 6.07) is 7.88. The van der Waals surface area contributed by atoms with E-state index in [-0.39, 0.29) is 19.3 Å². The summed E-state index contributed by atoms with van der Waals surface area (Å²) in [6.07, 6.45) is 11.3. The standard InChI is InChI=1S/C12H10N2.C5H8O4/c1(11-3-7-13-8-4-11)2-12-5-9-14-10-6-12;6-4(7)2-1-3-5(8)9/h1-10H;1-3H2,(H,6,7)(H,8,9)/b2-1+;. The minimum atomic E-state index is -0.948. The van der Waals surface area contributed by atoms with Crippen molar-refractivity contribution in [1.29, 1.82) is 0 Å². The molecule has 0 unspecified atom stereocenters. The Labute approximate surface area is 134 Å². The van der Waals surface area contributed by atoms with Gasteiger partial charge in [0.15, 0.2) is 0 Å². The maximum Gasteiger partial charge on any atom is 0.303 e. The van der Waals surface area contributed by atoms with Crippen molar-refractivity contribution in [2.75, 3.05) is 0 Å². The second-order valence-corrected chi connectivity index (χ2v) is 4.54. The number of carboxylic acid groups (broad SMARTS) is 2. The van der Waals surface area contributed by atoms with Gasteiger partial charge in [-0.1, -0.05) is 12.2 Å². The average Bonchev–Trinajstić information content (AvgIpc) is 2.55.